The molecule has 1 heteroatoms. The quantitative estimate of drug-likeness (QED) is 0.811. The molecule has 2 rings (SSSR count). The van der Waals surface area contributed by atoms with Crippen LogP contribution in [0.3, 0.4) is 0 Å². The molecule has 0 radical (unpaired) electrons. The molecular weight excluding hydrogens is 194 g/mol. The van der Waals surface area contributed by atoms with Crippen LogP contribution in [0.1, 0.15) is 50.3 Å². The summed E-state index contributed by atoms with van der Waals surface area (Å²) in [6.07, 6.45) is 4.08. The molecule has 1 aliphatic rings. The maximum absolute atomic E-state index is 3.77. The molecule has 0 amide bonds. The summed E-state index contributed by atoms with van der Waals surface area (Å²) in [6, 6.07) is 9.90. The molecule has 1 nitrogen and oxygen atoms in total. The molecule has 0 saturated heterocycles. The van der Waals surface area contributed by atoms with Crippen LogP contribution in [0.2, 0.25) is 0 Å². The third-order valence-corrected chi connectivity index (χ3v) is 3.84. The van der Waals surface area contributed by atoms with E-state index in [1.807, 2.05) is 0 Å². The first-order valence-electron chi connectivity index (χ1n) is 6.48. The lowest BCUT2D eigenvalue weighted by molar-refractivity contribution is 0.448. The predicted octanol–water partition coefficient (Wildman–Crippen LogP) is 3.83. The van der Waals surface area contributed by atoms with Gasteiger partial charge < -0.3 is 5.32 Å². The van der Waals surface area contributed by atoms with E-state index >= 15 is 0 Å². The van der Waals surface area contributed by atoms with Gasteiger partial charge in [-0.15, -0.1) is 0 Å². The van der Waals surface area contributed by atoms with Gasteiger partial charge in [-0.25, -0.2) is 0 Å². The summed E-state index contributed by atoms with van der Waals surface area (Å²) in [5.41, 5.74) is 2.84. The van der Waals surface area contributed by atoms with Crippen LogP contribution in [0.15, 0.2) is 24.3 Å². The lowest BCUT2D eigenvalue weighted by Crippen LogP contribution is -2.29. The highest BCUT2D eigenvalue weighted by atomic mass is 14.9. The Kier molecular flexibility index (Phi) is 3.65. The molecule has 0 bridgehead atoms. The van der Waals surface area contributed by atoms with E-state index in [0.29, 0.717) is 6.04 Å². The van der Waals surface area contributed by atoms with Gasteiger partial charge in [-0.2, -0.15) is 0 Å². The molecule has 1 fully saturated rings. The van der Waals surface area contributed by atoms with Gasteiger partial charge in [-0.05, 0) is 50.2 Å². The van der Waals surface area contributed by atoms with Crippen molar-refractivity contribution >= 4 is 0 Å². The molecule has 1 saturated carbocycles. The lowest BCUT2D eigenvalue weighted by Gasteiger charge is -2.21. The van der Waals surface area contributed by atoms with Crippen LogP contribution >= 0.6 is 0 Å². The summed E-state index contributed by atoms with van der Waals surface area (Å²) in [6.45, 7) is 6.84. The summed E-state index contributed by atoms with van der Waals surface area (Å²) in [5, 5.41) is 3.77. The molecule has 1 aromatic rings. The van der Waals surface area contributed by atoms with Crippen molar-refractivity contribution in [2.24, 2.45) is 5.92 Å². The van der Waals surface area contributed by atoms with Crippen LogP contribution < -0.4 is 5.32 Å². The van der Waals surface area contributed by atoms with Gasteiger partial charge >= 0.3 is 0 Å². The van der Waals surface area contributed by atoms with Gasteiger partial charge in [0, 0.05) is 12.1 Å². The van der Waals surface area contributed by atoms with Crippen LogP contribution in [-0.2, 0) is 0 Å². The monoisotopic (exact) mass is 217 g/mol. The fourth-order valence-electron chi connectivity index (χ4n) is 2.87. The molecule has 0 aromatic heterocycles. The molecule has 2 unspecified atom stereocenters. The molecule has 1 aromatic carbocycles. The molecule has 16 heavy (non-hydrogen) atoms. The smallest absolute Gasteiger partial charge is 0.0296 e. The first-order chi connectivity index (χ1) is 7.66. The van der Waals surface area contributed by atoms with E-state index in [0.717, 1.165) is 12.0 Å². The number of rotatable bonds is 3. The zero-order valence-electron chi connectivity index (χ0n) is 10.7. The van der Waals surface area contributed by atoms with Crippen molar-refractivity contribution in [2.75, 3.05) is 0 Å². The van der Waals surface area contributed by atoms with Crippen LogP contribution in [0.4, 0.5) is 0 Å². The number of nitrogens with one attached hydrogen (secondary N) is 1. The first-order valence-corrected chi connectivity index (χ1v) is 6.48. The average Bonchev–Trinajstić information content (AvgIpc) is 2.64. The molecular formula is C15H23N. The topological polar surface area (TPSA) is 12.0 Å². The zero-order valence-corrected chi connectivity index (χ0v) is 10.7. The highest BCUT2D eigenvalue weighted by Crippen LogP contribution is 2.27. The van der Waals surface area contributed by atoms with E-state index in [1.165, 1.54) is 30.4 Å². The Morgan fingerprint density at radius 1 is 1.25 bits per heavy atom. The summed E-state index contributed by atoms with van der Waals surface area (Å²) in [7, 11) is 0. The highest BCUT2D eigenvalue weighted by molar-refractivity contribution is 5.28. The molecule has 88 valence electrons. The fourth-order valence-corrected chi connectivity index (χ4v) is 2.87. The maximum Gasteiger partial charge on any atom is 0.0296 e. The van der Waals surface area contributed by atoms with Crippen molar-refractivity contribution in [3.8, 4) is 0 Å². The first kappa shape index (κ1) is 11.7. The summed E-state index contributed by atoms with van der Waals surface area (Å²) in [4.78, 5) is 0. The minimum absolute atomic E-state index is 0.483. The van der Waals surface area contributed by atoms with Gasteiger partial charge in [0.25, 0.3) is 0 Å². The third kappa shape index (κ3) is 2.65. The zero-order chi connectivity index (χ0) is 11.5. The largest absolute Gasteiger partial charge is 0.307 e. The Labute approximate surface area is 99.3 Å². The average molecular weight is 217 g/mol. The molecule has 3 atom stereocenters. The highest BCUT2D eigenvalue weighted by Gasteiger charge is 2.22. The van der Waals surface area contributed by atoms with Crippen LogP contribution in [0, 0.1) is 12.8 Å². The van der Waals surface area contributed by atoms with E-state index in [4.69, 9.17) is 0 Å². The predicted molar refractivity (Wildman–Crippen MR) is 69.5 cm³/mol. The van der Waals surface area contributed by atoms with Crippen LogP contribution in [0.25, 0.3) is 0 Å². The van der Waals surface area contributed by atoms with Crippen molar-refractivity contribution in [1.29, 1.82) is 0 Å². The third-order valence-electron chi connectivity index (χ3n) is 3.84. The molecule has 1 aliphatic carbocycles. The Bertz CT molecular complexity index is 345. The Morgan fingerprint density at radius 3 is 2.62 bits per heavy atom. The standard InChI is InChI=1S/C15H23N/c1-11-8-9-14(10-11)16-13(3)15-7-5-4-6-12(15)2/h4-7,11,13-14,16H,8-10H2,1-3H3/t11?,13-,14?/m0/s1. The van der Waals surface area contributed by atoms with Crippen molar-refractivity contribution in [2.45, 2.75) is 52.1 Å². The van der Waals surface area contributed by atoms with E-state index in [9.17, 15) is 0 Å². The van der Waals surface area contributed by atoms with Crippen molar-refractivity contribution in [1.82, 2.24) is 5.32 Å². The van der Waals surface area contributed by atoms with Gasteiger partial charge in [0.1, 0.15) is 0 Å². The second-order valence-corrected chi connectivity index (χ2v) is 5.36. The van der Waals surface area contributed by atoms with Crippen LogP contribution in [-0.4, -0.2) is 6.04 Å². The van der Waals surface area contributed by atoms with E-state index in [2.05, 4.69) is 50.4 Å². The van der Waals surface area contributed by atoms with E-state index < -0.39 is 0 Å². The maximum atomic E-state index is 3.77. The Hall–Kier alpha value is -0.820. The van der Waals surface area contributed by atoms with Gasteiger partial charge in [0.2, 0.25) is 0 Å². The summed E-state index contributed by atoms with van der Waals surface area (Å²) >= 11 is 0. The second kappa shape index (κ2) is 5.01. The van der Waals surface area contributed by atoms with E-state index in [1.54, 1.807) is 0 Å². The van der Waals surface area contributed by atoms with Gasteiger partial charge in [0.15, 0.2) is 0 Å². The fraction of sp³-hybridized carbons (Fsp3) is 0.600. The Morgan fingerprint density at radius 2 is 2.00 bits per heavy atom. The summed E-state index contributed by atoms with van der Waals surface area (Å²) < 4.78 is 0. The minimum Gasteiger partial charge on any atom is -0.307 e. The van der Waals surface area contributed by atoms with Gasteiger partial charge in [-0.3, -0.25) is 0 Å². The molecule has 0 spiro atoms. The number of hydrogen-bond acceptors (Lipinski definition) is 1. The lowest BCUT2D eigenvalue weighted by atomic mass is 10.0. The summed E-state index contributed by atoms with van der Waals surface area (Å²) in [5.74, 6) is 0.904. The van der Waals surface area contributed by atoms with Crippen LogP contribution in [0.5, 0.6) is 0 Å². The molecule has 0 aliphatic heterocycles. The Balaban J connectivity index is 1.98. The molecule has 0 heterocycles. The van der Waals surface area contributed by atoms with Crippen molar-refractivity contribution in [3.05, 3.63) is 35.4 Å². The van der Waals surface area contributed by atoms with Crippen molar-refractivity contribution < 1.29 is 0 Å². The number of hydrogen-bond donors (Lipinski definition) is 1. The second-order valence-electron chi connectivity index (χ2n) is 5.36. The minimum atomic E-state index is 0.483. The van der Waals surface area contributed by atoms with Gasteiger partial charge in [0.05, 0.1) is 0 Å². The number of aryl methyl sites for hydroxylation is 1. The SMILES string of the molecule is Cc1ccccc1[C@H](C)NC1CCC(C)C1. The van der Waals surface area contributed by atoms with E-state index in [-0.39, 0.29) is 0 Å². The normalized spacial score (nSPS) is 26.9. The van der Waals surface area contributed by atoms with Crippen molar-refractivity contribution in [3.63, 3.8) is 0 Å². The number of benzene rings is 1. The molecule has 1 N–H and O–H groups in total. The van der Waals surface area contributed by atoms with Gasteiger partial charge in [-0.1, -0.05) is 31.2 Å².